The number of carbonyl (C=O) groups is 2. The van der Waals surface area contributed by atoms with Crippen molar-refractivity contribution in [2.24, 2.45) is 18.4 Å². The molecule has 8 heteroatoms. The van der Waals surface area contributed by atoms with Gasteiger partial charge in [0.25, 0.3) is 5.91 Å². The van der Waals surface area contributed by atoms with Crippen molar-refractivity contribution in [3.63, 3.8) is 0 Å². The molecule has 172 valence electrons. The predicted molar refractivity (Wildman–Crippen MR) is 128 cm³/mol. The molecule has 0 bridgehead atoms. The molecule has 1 spiro atoms. The summed E-state index contributed by atoms with van der Waals surface area (Å²) in [5, 5.41) is 4.11. The molecule has 3 aromatic rings. The monoisotopic (exact) mass is 454 g/mol. The number of carbonyl (C=O) groups excluding carboxylic acids is 2. The van der Waals surface area contributed by atoms with E-state index in [-0.39, 0.29) is 23.1 Å². The van der Waals surface area contributed by atoms with Crippen molar-refractivity contribution < 1.29 is 9.59 Å². The SMILES string of the molecule is CN1C(=O)C2CC2c2cc(-c3cncc(N4CC5(CN(C(=O)c6cnn(C)c6)C5)C4)c3)ccc21. The van der Waals surface area contributed by atoms with Crippen LogP contribution in [0.25, 0.3) is 11.1 Å². The van der Waals surface area contributed by atoms with Gasteiger partial charge in [-0.2, -0.15) is 5.10 Å². The molecule has 7 rings (SSSR count). The van der Waals surface area contributed by atoms with Crippen LogP contribution < -0.4 is 9.80 Å². The Balaban J connectivity index is 1.05. The topological polar surface area (TPSA) is 74.6 Å². The fraction of sp³-hybridized carbons (Fsp3) is 0.385. The number of pyridine rings is 1. The number of aryl methyl sites for hydroxylation is 1. The number of fused-ring (bicyclic) bond motifs is 3. The number of nitrogens with zero attached hydrogens (tertiary/aromatic N) is 6. The number of hydrogen-bond acceptors (Lipinski definition) is 5. The molecular formula is C26H26N6O2. The van der Waals surface area contributed by atoms with Crippen molar-refractivity contribution in [1.29, 1.82) is 0 Å². The normalized spacial score (nSPS) is 23.8. The first-order valence-corrected chi connectivity index (χ1v) is 11.8. The van der Waals surface area contributed by atoms with Crippen LogP contribution in [0.4, 0.5) is 11.4 Å². The third-order valence-electron chi connectivity index (χ3n) is 7.99. The lowest BCUT2D eigenvalue weighted by Gasteiger charge is -2.60. The van der Waals surface area contributed by atoms with Gasteiger partial charge in [-0.3, -0.25) is 19.3 Å². The summed E-state index contributed by atoms with van der Waals surface area (Å²) in [7, 11) is 3.70. The van der Waals surface area contributed by atoms with Crippen molar-refractivity contribution >= 4 is 23.2 Å². The van der Waals surface area contributed by atoms with Crippen molar-refractivity contribution in [2.45, 2.75) is 12.3 Å². The van der Waals surface area contributed by atoms with Gasteiger partial charge in [-0.25, -0.2) is 0 Å². The first-order valence-electron chi connectivity index (χ1n) is 11.8. The minimum absolute atomic E-state index is 0.0681. The molecule has 4 aliphatic rings. The zero-order valence-corrected chi connectivity index (χ0v) is 19.3. The van der Waals surface area contributed by atoms with Gasteiger partial charge in [0, 0.05) is 75.3 Å². The molecule has 0 N–H and O–H groups in total. The van der Waals surface area contributed by atoms with Gasteiger partial charge in [0.1, 0.15) is 0 Å². The van der Waals surface area contributed by atoms with Crippen LogP contribution in [0.5, 0.6) is 0 Å². The Morgan fingerprint density at radius 3 is 2.59 bits per heavy atom. The number of amides is 2. The molecule has 0 radical (unpaired) electrons. The maximum Gasteiger partial charge on any atom is 0.257 e. The molecule has 2 saturated heterocycles. The number of anilines is 2. The average molecular weight is 455 g/mol. The zero-order valence-electron chi connectivity index (χ0n) is 19.3. The second-order valence-corrected chi connectivity index (χ2v) is 10.5. The summed E-state index contributed by atoms with van der Waals surface area (Å²) in [6.07, 6.45) is 8.22. The van der Waals surface area contributed by atoms with Crippen molar-refractivity contribution in [3.05, 3.63) is 60.2 Å². The van der Waals surface area contributed by atoms with E-state index in [1.807, 2.05) is 36.3 Å². The van der Waals surface area contributed by atoms with Crippen molar-refractivity contribution in [1.82, 2.24) is 19.7 Å². The van der Waals surface area contributed by atoms with Crippen LogP contribution in [-0.4, -0.2) is 64.7 Å². The molecule has 1 aliphatic carbocycles. The van der Waals surface area contributed by atoms with Crippen molar-refractivity contribution in [2.75, 3.05) is 43.0 Å². The van der Waals surface area contributed by atoms with E-state index in [0.717, 1.165) is 55.1 Å². The third-order valence-corrected chi connectivity index (χ3v) is 7.99. The highest BCUT2D eigenvalue weighted by Crippen LogP contribution is 2.55. The van der Waals surface area contributed by atoms with Gasteiger partial charge in [-0.05, 0) is 41.7 Å². The summed E-state index contributed by atoms with van der Waals surface area (Å²) in [6, 6.07) is 8.62. The first-order chi connectivity index (χ1) is 16.4. The molecule has 2 unspecified atom stereocenters. The van der Waals surface area contributed by atoms with E-state index >= 15 is 0 Å². The molecule has 2 amide bonds. The van der Waals surface area contributed by atoms with Gasteiger partial charge in [-0.1, -0.05) is 6.07 Å². The molecule has 2 aromatic heterocycles. The first kappa shape index (κ1) is 19.8. The summed E-state index contributed by atoms with van der Waals surface area (Å²) >= 11 is 0. The van der Waals surface area contributed by atoms with Gasteiger partial charge >= 0.3 is 0 Å². The predicted octanol–water partition coefficient (Wildman–Crippen LogP) is 2.52. The van der Waals surface area contributed by atoms with Gasteiger partial charge in [-0.15, -0.1) is 0 Å². The van der Waals surface area contributed by atoms with Crippen LogP contribution in [0.2, 0.25) is 0 Å². The molecule has 3 fully saturated rings. The maximum atomic E-state index is 12.6. The highest BCUT2D eigenvalue weighted by Gasteiger charge is 2.53. The van der Waals surface area contributed by atoms with E-state index in [0.29, 0.717) is 11.5 Å². The Kier molecular flexibility index (Phi) is 3.88. The largest absolute Gasteiger partial charge is 0.369 e. The van der Waals surface area contributed by atoms with E-state index in [2.05, 4.69) is 39.2 Å². The molecule has 8 nitrogen and oxygen atoms in total. The molecular weight excluding hydrogens is 428 g/mol. The van der Waals surface area contributed by atoms with Crippen LogP contribution in [-0.2, 0) is 11.8 Å². The lowest BCUT2D eigenvalue weighted by Crippen LogP contribution is -2.73. The van der Waals surface area contributed by atoms with Crippen LogP contribution >= 0.6 is 0 Å². The van der Waals surface area contributed by atoms with E-state index in [1.165, 1.54) is 5.56 Å². The smallest absolute Gasteiger partial charge is 0.257 e. The number of likely N-dealkylation sites (tertiary alicyclic amines) is 1. The summed E-state index contributed by atoms with van der Waals surface area (Å²) < 4.78 is 1.66. The molecule has 1 saturated carbocycles. The zero-order chi connectivity index (χ0) is 23.2. The molecule has 1 aromatic carbocycles. The Labute approximate surface area is 197 Å². The summed E-state index contributed by atoms with van der Waals surface area (Å²) in [5.41, 5.74) is 6.53. The molecule has 3 aliphatic heterocycles. The quantitative estimate of drug-likeness (QED) is 0.608. The average Bonchev–Trinajstić information content (AvgIpc) is 3.49. The Morgan fingerprint density at radius 1 is 1.00 bits per heavy atom. The molecule has 5 heterocycles. The highest BCUT2D eigenvalue weighted by molar-refractivity contribution is 6.01. The maximum absolute atomic E-state index is 12.6. The molecule has 34 heavy (non-hydrogen) atoms. The Hall–Kier alpha value is -3.68. The number of hydrogen-bond donors (Lipinski definition) is 0. The molecule has 2 atom stereocenters. The lowest BCUT2D eigenvalue weighted by molar-refractivity contribution is -0.119. The van der Waals surface area contributed by atoms with Crippen LogP contribution in [0, 0.1) is 11.3 Å². The van der Waals surface area contributed by atoms with Gasteiger partial charge in [0.2, 0.25) is 5.91 Å². The standard InChI is InChI=1S/C26H26N6O2/c1-29-11-18(9-28-29)24(33)32-14-26(15-32)12-31(13-26)19-5-17(8-27-10-19)16-3-4-23-21(6-16)20-7-22(20)25(34)30(23)2/h3-6,8-11,20,22H,7,12-15H2,1-2H3. The minimum Gasteiger partial charge on any atom is -0.369 e. The fourth-order valence-electron chi connectivity index (χ4n) is 6.04. The lowest BCUT2D eigenvalue weighted by atomic mass is 9.72. The second kappa shape index (κ2) is 6.68. The number of benzene rings is 1. The number of aromatic nitrogens is 3. The van der Waals surface area contributed by atoms with E-state index < -0.39 is 0 Å². The Morgan fingerprint density at radius 2 is 1.82 bits per heavy atom. The van der Waals surface area contributed by atoms with Crippen molar-refractivity contribution in [3.8, 4) is 11.1 Å². The fourth-order valence-corrected chi connectivity index (χ4v) is 6.04. The Bertz CT molecular complexity index is 1350. The van der Waals surface area contributed by atoms with E-state index in [4.69, 9.17) is 0 Å². The van der Waals surface area contributed by atoms with Crippen LogP contribution in [0.1, 0.15) is 28.3 Å². The number of rotatable bonds is 3. The van der Waals surface area contributed by atoms with Crippen LogP contribution in [0.3, 0.4) is 0 Å². The van der Waals surface area contributed by atoms with E-state index in [1.54, 1.807) is 17.1 Å². The van der Waals surface area contributed by atoms with Gasteiger partial charge in [0.15, 0.2) is 0 Å². The highest BCUT2D eigenvalue weighted by atomic mass is 16.2. The van der Waals surface area contributed by atoms with E-state index in [9.17, 15) is 9.59 Å². The second-order valence-electron chi connectivity index (χ2n) is 10.5. The summed E-state index contributed by atoms with van der Waals surface area (Å²) in [6.45, 7) is 3.47. The third kappa shape index (κ3) is 2.84. The summed E-state index contributed by atoms with van der Waals surface area (Å²) in [5.74, 6) is 0.860. The minimum atomic E-state index is 0.0681. The van der Waals surface area contributed by atoms with Gasteiger partial charge in [0.05, 0.1) is 23.6 Å². The van der Waals surface area contributed by atoms with Gasteiger partial charge < -0.3 is 14.7 Å². The summed E-state index contributed by atoms with van der Waals surface area (Å²) in [4.78, 5) is 35.6. The van der Waals surface area contributed by atoms with Crippen LogP contribution in [0.15, 0.2) is 49.1 Å².